The summed E-state index contributed by atoms with van der Waals surface area (Å²) < 4.78 is 13.4. The first-order valence-electron chi connectivity index (χ1n) is 6.85. The van der Waals surface area contributed by atoms with E-state index in [2.05, 4.69) is 0 Å². The van der Waals surface area contributed by atoms with Crippen molar-refractivity contribution in [2.24, 2.45) is 0 Å². The van der Waals surface area contributed by atoms with Gasteiger partial charge in [0.2, 0.25) is 5.88 Å². The number of hydrogen-bond acceptors (Lipinski definition) is 4. The van der Waals surface area contributed by atoms with Crippen molar-refractivity contribution in [2.75, 3.05) is 13.2 Å². The van der Waals surface area contributed by atoms with Crippen molar-refractivity contribution >= 4 is 0 Å². The second kappa shape index (κ2) is 5.57. The topological polar surface area (TPSA) is 62.5 Å². The third-order valence-corrected chi connectivity index (χ3v) is 3.39. The Balaban J connectivity index is 2.05. The fraction of sp³-hybridized carbons (Fsp3) is 0.333. The Morgan fingerprint density at radius 2 is 2.05 bits per heavy atom. The Morgan fingerprint density at radius 1 is 1.29 bits per heavy atom. The van der Waals surface area contributed by atoms with Crippen molar-refractivity contribution in [3.05, 3.63) is 62.8 Å². The quantitative estimate of drug-likeness (QED) is 0.841. The Labute approximate surface area is 121 Å². The van der Waals surface area contributed by atoms with Gasteiger partial charge in [0.05, 0.1) is 12.6 Å². The standard InChI is InChI=1S/C15H16N2O4/c1-2-20-14-10-21-13-8-12(18)16(15(19)17(13)14)9-11-6-4-3-5-7-11/h3-8,14H,2,9-10H2,1H3. The maximum Gasteiger partial charge on any atom is 0.336 e. The van der Waals surface area contributed by atoms with Crippen LogP contribution in [0, 0.1) is 0 Å². The van der Waals surface area contributed by atoms with E-state index in [1.54, 1.807) is 0 Å². The monoisotopic (exact) mass is 288 g/mol. The fourth-order valence-electron chi connectivity index (χ4n) is 2.41. The molecule has 0 aliphatic carbocycles. The van der Waals surface area contributed by atoms with Gasteiger partial charge in [-0.1, -0.05) is 30.3 Å². The van der Waals surface area contributed by atoms with Crippen LogP contribution in [-0.2, 0) is 11.3 Å². The summed E-state index contributed by atoms with van der Waals surface area (Å²) in [4.78, 5) is 24.6. The molecule has 1 aliphatic heterocycles. The first-order chi connectivity index (χ1) is 10.2. The highest BCUT2D eigenvalue weighted by atomic mass is 16.6. The van der Waals surface area contributed by atoms with Gasteiger partial charge in [-0.25, -0.2) is 9.36 Å². The normalized spacial score (nSPS) is 16.5. The predicted octanol–water partition coefficient (Wildman–Crippen LogP) is 0.986. The Hall–Kier alpha value is -2.34. The lowest BCUT2D eigenvalue weighted by atomic mass is 10.2. The summed E-state index contributed by atoms with van der Waals surface area (Å²) in [5.74, 6) is 0.271. The molecule has 0 radical (unpaired) electrons. The minimum absolute atomic E-state index is 0.234. The summed E-state index contributed by atoms with van der Waals surface area (Å²) in [7, 11) is 0. The van der Waals surface area contributed by atoms with E-state index in [0.29, 0.717) is 6.61 Å². The summed E-state index contributed by atoms with van der Waals surface area (Å²) in [5.41, 5.74) is 0.119. The van der Waals surface area contributed by atoms with Crippen molar-refractivity contribution in [2.45, 2.75) is 19.7 Å². The molecule has 0 fully saturated rings. The van der Waals surface area contributed by atoms with Crippen molar-refractivity contribution in [3.63, 3.8) is 0 Å². The average molecular weight is 288 g/mol. The molecule has 2 heterocycles. The number of nitrogens with zero attached hydrogens (tertiary/aromatic N) is 2. The van der Waals surface area contributed by atoms with Gasteiger partial charge in [-0.15, -0.1) is 0 Å². The maximum atomic E-state index is 12.5. The molecule has 2 aromatic rings. The SMILES string of the molecule is CCOC1COc2cc(=O)n(Cc3ccccc3)c(=O)n21. The first-order valence-corrected chi connectivity index (χ1v) is 6.85. The number of ether oxygens (including phenoxy) is 2. The zero-order valence-corrected chi connectivity index (χ0v) is 11.7. The van der Waals surface area contributed by atoms with Crippen LogP contribution in [0.1, 0.15) is 18.7 Å². The smallest absolute Gasteiger partial charge is 0.336 e. The highest BCUT2D eigenvalue weighted by Crippen LogP contribution is 2.22. The summed E-state index contributed by atoms with van der Waals surface area (Å²) >= 11 is 0. The third-order valence-electron chi connectivity index (χ3n) is 3.39. The molecular weight excluding hydrogens is 272 g/mol. The predicted molar refractivity (Wildman–Crippen MR) is 76.7 cm³/mol. The van der Waals surface area contributed by atoms with Crippen molar-refractivity contribution < 1.29 is 9.47 Å². The molecule has 110 valence electrons. The van der Waals surface area contributed by atoms with Gasteiger partial charge in [-0.3, -0.25) is 9.36 Å². The lowest BCUT2D eigenvalue weighted by Gasteiger charge is -2.13. The van der Waals surface area contributed by atoms with Crippen LogP contribution in [0.15, 0.2) is 46.0 Å². The molecule has 1 aliphatic rings. The average Bonchev–Trinajstić information content (AvgIpc) is 2.88. The third kappa shape index (κ3) is 2.50. The second-order valence-electron chi connectivity index (χ2n) is 4.77. The Bertz CT molecular complexity index is 749. The Kier molecular flexibility index (Phi) is 3.62. The lowest BCUT2D eigenvalue weighted by Crippen LogP contribution is -2.40. The minimum Gasteiger partial charge on any atom is -0.474 e. The van der Waals surface area contributed by atoms with Gasteiger partial charge in [0.1, 0.15) is 6.61 Å². The molecule has 1 aromatic carbocycles. The molecule has 1 aromatic heterocycles. The van der Waals surface area contributed by atoms with Crippen LogP contribution in [0.25, 0.3) is 0 Å². The van der Waals surface area contributed by atoms with Gasteiger partial charge in [-0.05, 0) is 12.5 Å². The summed E-state index contributed by atoms with van der Waals surface area (Å²) in [6, 6.07) is 10.7. The molecule has 0 spiro atoms. The van der Waals surface area contributed by atoms with Crippen LogP contribution in [0.5, 0.6) is 5.88 Å². The highest BCUT2D eigenvalue weighted by Gasteiger charge is 2.27. The fourth-order valence-corrected chi connectivity index (χ4v) is 2.41. The molecule has 0 bridgehead atoms. The van der Waals surface area contributed by atoms with Gasteiger partial charge in [-0.2, -0.15) is 0 Å². The molecule has 0 saturated carbocycles. The van der Waals surface area contributed by atoms with E-state index < -0.39 is 11.9 Å². The zero-order valence-electron chi connectivity index (χ0n) is 11.7. The number of hydrogen-bond donors (Lipinski definition) is 0. The summed E-state index contributed by atoms with van der Waals surface area (Å²) in [5, 5.41) is 0. The number of aromatic nitrogens is 2. The molecular formula is C15H16N2O4. The van der Waals surface area contributed by atoms with Crippen LogP contribution in [0.2, 0.25) is 0 Å². The largest absolute Gasteiger partial charge is 0.474 e. The van der Waals surface area contributed by atoms with Crippen LogP contribution < -0.4 is 16.0 Å². The molecule has 21 heavy (non-hydrogen) atoms. The van der Waals surface area contributed by atoms with Crippen molar-refractivity contribution in [1.82, 2.24) is 9.13 Å². The van der Waals surface area contributed by atoms with Crippen LogP contribution in [-0.4, -0.2) is 22.3 Å². The molecule has 0 amide bonds. The van der Waals surface area contributed by atoms with Gasteiger partial charge >= 0.3 is 5.69 Å². The van der Waals surface area contributed by atoms with E-state index >= 15 is 0 Å². The number of benzene rings is 1. The van der Waals surface area contributed by atoms with E-state index in [0.717, 1.165) is 5.56 Å². The van der Waals surface area contributed by atoms with Gasteiger partial charge in [0.15, 0.2) is 6.23 Å². The lowest BCUT2D eigenvalue weighted by molar-refractivity contribution is 0.00667. The van der Waals surface area contributed by atoms with Crippen LogP contribution in [0.4, 0.5) is 0 Å². The molecule has 3 rings (SSSR count). The molecule has 0 N–H and O–H groups in total. The van der Waals surface area contributed by atoms with Crippen LogP contribution >= 0.6 is 0 Å². The zero-order chi connectivity index (χ0) is 14.8. The first kappa shape index (κ1) is 13.6. The number of fused-ring (bicyclic) bond motifs is 1. The Morgan fingerprint density at radius 3 is 2.76 bits per heavy atom. The van der Waals surface area contributed by atoms with Crippen molar-refractivity contribution in [3.8, 4) is 5.88 Å². The van der Waals surface area contributed by atoms with Gasteiger partial charge in [0, 0.05) is 6.61 Å². The van der Waals surface area contributed by atoms with E-state index in [9.17, 15) is 9.59 Å². The minimum atomic E-state index is -0.472. The van der Waals surface area contributed by atoms with E-state index in [1.165, 1.54) is 15.2 Å². The molecule has 1 atom stereocenters. The summed E-state index contributed by atoms with van der Waals surface area (Å²) in [6.45, 7) is 2.80. The molecule has 6 heteroatoms. The van der Waals surface area contributed by atoms with Gasteiger partial charge in [0.25, 0.3) is 5.56 Å². The van der Waals surface area contributed by atoms with E-state index in [4.69, 9.17) is 9.47 Å². The number of rotatable bonds is 4. The molecule has 6 nitrogen and oxygen atoms in total. The van der Waals surface area contributed by atoms with Crippen molar-refractivity contribution in [1.29, 1.82) is 0 Å². The van der Waals surface area contributed by atoms with Gasteiger partial charge < -0.3 is 9.47 Å². The van der Waals surface area contributed by atoms with Crippen LogP contribution in [0.3, 0.4) is 0 Å². The molecule has 1 unspecified atom stereocenters. The summed E-state index contributed by atoms with van der Waals surface area (Å²) in [6.07, 6.45) is -0.472. The molecule has 0 saturated heterocycles. The highest BCUT2D eigenvalue weighted by molar-refractivity contribution is 5.17. The van der Waals surface area contributed by atoms with E-state index in [-0.39, 0.29) is 24.6 Å². The maximum absolute atomic E-state index is 12.5. The van der Waals surface area contributed by atoms with E-state index in [1.807, 2.05) is 37.3 Å². The second-order valence-corrected chi connectivity index (χ2v) is 4.77.